The van der Waals surface area contributed by atoms with Gasteiger partial charge in [0.25, 0.3) is 5.91 Å². The van der Waals surface area contributed by atoms with E-state index >= 15 is 0 Å². The fourth-order valence-corrected chi connectivity index (χ4v) is 2.38. The molecule has 0 saturated carbocycles. The minimum Gasteiger partial charge on any atom is -0.374 e. The first-order chi connectivity index (χ1) is 12.0. The highest BCUT2D eigenvalue weighted by Crippen LogP contribution is 2.18. The van der Waals surface area contributed by atoms with E-state index < -0.39 is 0 Å². The van der Waals surface area contributed by atoms with Crippen molar-refractivity contribution in [1.82, 2.24) is 4.98 Å². The predicted molar refractivity (Wildman–Crippen MR) is 101 cm³/mol. The normalized spacial score (nSPS) is 10.2. The van der Waals surface area contributed by atoms with Crippen LogP contribution in [0.25, 0.3) is 0 Å². The van der Waals surface area contributed by atoms with Crippen molar-refractivity contribution in [2.75, 3.05) is 29.1 Å². The summed E-state index contributed by atoms with van der Waals surface area (Å²) in [5, 5.41) is 5.50. The van der Waals surface area contributed by atoms with E-state index in [0.717, 1.165) is 25.1 Å². The number of hydrogen-bond acceptors (Lipinski definition) is 4. The average molecular weight is 340 g/mol. The molecule has 0 bridgehead atoms. The molecule has 0 aliphatic heterocycles. The number of benzene rings is 1. The first-order valence-corrected chi connectivity index (χ1v) is 8.35. The minimum absolute atomic E-state index is 0.159. The molecule has 0 fully saturated rings. The number of carbonyl (C=O) groups is 2. The Labute approximate surface area is 148 Å². The predicted octanol–water partition coefficient (Wildman–Crippen LogP) is 3.53. The molecule has 0 saturated heterocycles. The fourth-order valence-electron chi connectivity index (χ4n) is 2.38. The number of aromatic nitrogens is 1. The number of nitrogens with zero attached hydrogens (tertiary/aromatic N) is 2. The number of pyridine rings is 1. The van der Waals surface area contributed by atoms with Gasteiger partial charge in [-0.1, -0.05) is 19.4 Å². The van der Waals surface area contributed by atoms with Gasteiger partial charge in [0.2, 0.25) is 5.91 Å². The van der Waals surface area contributed by atoms with E-state index in [1.54, 1.807) is 36.5 Å². The maximum absolute atomic E-state index is 12.5. The number of rotatable bonds is 7. The third kappa shape index (κ3) is 5.60. The van der Waals surface area contributed by atoms with Gasteiger partial charge < -0.3 is 15.5 Å². The lowest BCUT2D eigenvalue weighted by atomic mass is 10.2. The second kappa shape index (κ2) is 8.82. The lowest BCUT2D eigenvalue weighted by Crippen LogP contribution is -2.20. The van der Waals surface area contributed by atoms with E-state index in [1.165, 1.54) is 6.92 Å². The summed E-state index contributed by atoms with van der Waals surface area (Å²) in [4.78, 5) is 29.9. The van der Waals surface area contributed by atoms with Gasteiger partial charge in [-0.2, -0.15) is 0 Å². The van der Waals surface area contributed by atoms with Crippen molar-refractivity contribution >= 4 is 28.9 Å². The van der Waals surface area contributed by atoms with Crippen molar-refractivity contribution < 1.29 is 9.59 Å². The molecule has 0 spiro atoms. The van der Waals surface area contributed by atoms with Crippen LogP contribution in [0.5, 0.6) is 0 Å². The van der Waals surface area contributed by atoms with Gasteiger partial charge in [-0.25, -0.2) is 0 Å². The van der Waals surface area contributed by atoms with Crippen molar-refractivity contribution in [3.05, 3.63) is 48.3 Å². The van der Waals surface area contributed by atoms with Crippen LogP contribution in [-0.2, 0) is 4.79 Å². The maximum Gasteiger partial charge on any atom is 0.274 e. The Morgan fingerprint density at radius 2 is 1.84 bits per heavy atom. The zero-order chi connectivity index (χ0) is 18.2. The van der Waals surface area contributed by atoms with E-state index in [0.29, 0.717) is 17.1 Å². The molecule has 2 rings (SSSR count). The van der Waals surface area contributed by atoms with Crippen LogP contribution in [0, 0.1) is 0 Å². The van der Waals surface area contributed by atoms with Crippen molar-refractivity contribution in [3.8, 4) is 0 Å². The van der Waals surface area contributed by atoms with Gasteiger partial charge in [0, 0.05) is 43.8 Å². The standard InChI is InChI=1S/C19H24N4O2/c1-4-5-11-23(3)17-9-10-20-18(13-17)19(25)22-16-8-6-7-15(12-16)21-14(2)24/h6-10,12-13H,4-5,11H2,1-3H3,(H,21,24)(H,22,25). The highest BCUT2D eigenvalue weighted by atomic mass is 16.2. The van der Waals surface area contributed by atoms with Crippen LogP contribution >= 0.6 is 0 Å². The van der Waals surface area contributed by atoms with Crippen LogP contribution in [0.1, 0.15) is 37.2 Å². The molecular weight excluding hydrogens is 316 g/mol. The van der Waals surface area contributed by atoms with Gasteiger partial charge in [-0.15, -0.1) is 0 Å². The molecule has 1 aromatic heterocycles. The number of nitrogens with one attached hydrogen (secondary N) is 2. The zero-order valence-corrected chi connectivity index (χ0v) is 14.9. The monoisotopic (exact) mass is 340 g/mol. The smallest absolute Gasteiger partial charge is 0.274 e. The molecule has 0 unspecified atom stereocenters. The topological polar surface area (TPSA) is 74.3 Å². The Kier molecular flexibility index (Phi) is 6.51. The van der Waals surface area contributed by atoms with Crippen LogP contribution in [0.2, 0.25) is 0 Å². The van der Waals surface area contributed by atoms with Crippen molar-refractivity contribution in [2.45, 2.75) is 26.7 Å². The molecule has 1 heterocycles. The van der Waals surface area contributed by atoms with Crippen LogP contribution in [-0.4, -0.2) is 30.4 Å². The van der Waals surface area contributed by atoms with Crippen LogP contribution in [0.4, 0.5) is 17.1 Å². The van der Waals surface area contributed by atoms with Gasteiger partial charge in [-0.05, 0) is 36.8 Å². The molecule has 1 aromatic carbocycles. The summed E-state index contributed by atoms with van der Waals surface area (Å²) in [6.45, 7) is 4.52. The number of anilines is 3. The average Bonchev–Trinajstić information content (AvgIpc) is 2.59. The maximum atomic E-state index is 12.5. The molecule has 2 N–H and O–H groups in total. The van der Waals surface area contributed by atoms with E-state index in [-0.39, 0.29) is 11.8 Å². The summed E-state index contributed by atoms with van der Waals surface area (Å²) in [6.07, 6.45) is 3.85. The van der Waals surface area contributed by atoms with Gasteiger partial charge in [-0.3, -0.25) is 14.6 Å². The Morgan fingerprint density at radius 1 is 1.12 bits per heavy atom. The minimum atomic E-state index is -0.286. The van der Waals surface area contributed by atoms with Crippen molar-refractivity contribution in [2.24, 2.45) is 0 Å². The molecule has 0 aliphatic carbocycles. The van der Waals surface area contributed by atoms with E-state index in [1.807, 2.05) is 13.1 Å². The number of unbranched alkanes of at least 4 members (excludes halogenated alkanes) is 1. The summed E-state index contributed by atoms with van der Waals surface area (Å²) < 4.78 is 0. The third-order valence-electron chi connectivity index (χ3n) is 3.70. The van der Waals surface area contributed by atoms with Crippen LogP contribution < -0.4 is 15.5 Å². The molecule has 0 radical (unpaired) electrons. The first-order valence-electron chi connectivity index (χ1n) is 8.35. The summed E-state index contributed by atoms with van der Waals surface area (Å²) >= 11 is 0. The Bertz CT molecular complexity index is 746. The van der Waals surface area contributed by atoms with Crippen LogP contribution in [0.3, 0.4) is 0 Å². The molecule has 6 nitrogen and oxygen atoms in total. The number of amides is 2. The Hall–Kier alpha value is -2.89. The van der Waals surface area contributed by atoms with E-state index in [2.05, 4.69) is 27.4 Å². The highest BCUT2D eigenvalue weighted by molar-refractivity contribution is 6.03. The fraction of sp³-hybridized carbons (Fsp3) is 0.316. The number of hydrogen-bond donors (Lipinski definition) is 2. The molecule has 25 heavy (non-hydrogen) atoms. The molecule has 6 heteroatoms. The lowest BCUT2D eigenvalue weighted by molar-refractivity contribution is -0.114. The van der Waals surface area contributed by atoms with Crippen molar-refractivity contribution in [3.63, 3.8) is 0 Å². The molecule has 0 atom stereocenters. The Morgan fingerprint density at radius 3 is 2.52 bits per heavy atom. The summed E-state index contributed by atoms with van der Waals surface area (Å²) in [5.74, 6) is -0.446. The first kappa shape index (κ1) is 18.4. The third-order valence-corrected chi connectivity index (χ3v) is 3.70. The molecule has 2 aromatic rings. The van der Waals surface area contributed by atoms with Gasteiger partial charge in [0.05, 0.1) is 0 Å². The Balaban J connectivity index is 2.09. The second-order valence-corrected chi connectivity index (χ2v) is 5.89. The lowest BCUT2D eigenvalue weighted by Gasteiger charge is -2.19. The summed E-state index contributed by atoms with van der Waals surface area (Å²) in [6, 6.07) is 10.7. The second-order valence-electron chi connectivity index (χ2n) is 5.89. The molecule has 2 amide bonds. The quantitative estimate of drug-likeness (QED) is 0.808. The molecule has 0 aliphatic rings. The number of carbonyl (C=O) groups excluding carboxylic acids is 2. The van der Waals surface area contributed by atoms with Crippen LogP contribution in [0.15, 0.2) is 42.6 Å². The zero-order valence-electron chi connectivity index (χ0n) is 14.9. The summed E-state index contributed by atoms with van der Waals surface area (Å²) in [7, 11) is 2.00. The van der Waals surface area contributed by atoms with Gasteiger partial charge in [0.15, 0.2) is 0 Å². The highest BCUT2D eigenvalue weighted by Gasteiger charge is 2.10. The summed E-state index contributed by atoms with van der Waals surface area (Å²) in [5.41, 5.74) is 2.54. The van der Waals surface area contributed by atoms with Gasteiger partial charge >= 0.3 is 0 Å². The largest absolute Gasteiger partial charge is 0.374 e. The molecular formula is C19H24N4O2. The SMILES string of the molecule is CCCCN(C)c1ccnc(C(=O)Nc2cccc(NC(C)=O)c2)c1. The molecule has 132 valence electrons. The van der Waals surface area contributed by atoms with Gasteiger partial charge in [0.1, 0.15) is 5.69 Å². The van der Waals surface area contributed by atoms with Crippen molar-refractivity contribution in [1.29, 1.82) is 0 Å². The van der Waals surface area contributed by atoms with E-state index in [9.17, 15) is 9.59 Å². The van der Waals surface area contributed by atoms with E-state index in [4.69, 9.17) is 0 Å².